The molecule has 2 heterocycles. The Bertz CT molecular complexity index is 884. The molecule has 8 heteroatoms. The topological polar surface area (TPSA) is 92.1 Å². The maximum atomic E-state index is 12.1. The van der Waals surface area contributed by atoms with Crippen LogP contribution in [0.2, 0.25) is 0 Å². The molecule has 3 aromatic rings. The van der Waals surface area contributed by atoms with E-state index in [1.54, 1.807) is 48.5 Å². The number of amides is 2. The second-order valence-electron chi connectivity index (χ2n) is 5.90. The highest BCUT2D eigenvalue weighted by atomic mass is 32.1. The number of aryl methyl sites for hydroxylation is 2. The molecule has 24 heavy (non-hydrogen) atoms. The molecule has 0 aliphatic rings. The number of fused-ring (bicyclic) bond motifs is 1. The lowest BCUT2D eigenvalue weighted by atomic mass is 10.00. The van der Waals surface area contributed by atoms with Crippen LogP contribution in [0.5, 0.6) is 0 Å². The van der Waals surface area contributed by atoms with E-state index in [0.717, 1.165) is 15.2 Å². The molecule has 0 fully saturated rings. The number of anilines is 1. The first-order valence-corrected chi connectivity index (χ1v) is 8.29. The predicted octanol–water partition coefficient (Wildman–Crippen LogP) is 2.37. The van der Waals surface area contributed by atoms with Crippen molar-refractivity contribution in [3.05, 3.63) is 41.2 Å². The molecule has 2 aromatic heterocycles. The summed E-state index contributed by atoms with van der Waals surface area (Å²) < 4.78 is 2.63. The van der Waals surface area contributed by atoms with E-state index in [1.807, 2.05) is 19.1 Å². The van der Waals surface area contributed by atoms with Gasteiger partial charge in [0.05, 0.1) is 28.0 Å². The van der Waals surface area contributed by atoms with Gasteiger partial charge in [0.1, 0.15) is 5.60 Å². The Kier molecular flexibility index (Phi) is 4.25. The Morgan fingerprint density at radius 1 is 1.46 bits per heavy atom. The third kappa shape index (κ3) is 3.55. The minimum absolute atomic E-state index is 0.0758. The smallest absolute Gasteiger partial charge is 0.319 e. The highest BCUT2D eigenvalue weighted by molar-refractivity contribution is 7.18. The second-order valence-corrected chi connectivity index (χ2v) is 7.13. The van der Waals surface area contributed by atoms with Crippen LogP contribution in [0.3, 0.4) is 0 Å². The zero-order chi connectivity index (χ0) is 17.3. The van der Waals surface area contributed by atoms with Crippen LogP contribution in [0.4, 0.5) is 10.5 Å². The van der Waals surface area contributed by atoms with Gasteiger partial charge in [-0.1, -0.05) is 0 Å². The number of carbonyl (C=O) groups is 1. The average Bonchev–Trinajstić information content (AvgIpc) is 3.10. The van der Waals surface area contributed by atoms with Crippen LogP contribution < -0.4 is 10.6 Å². The Morgan fingerprint density at radius 3 is 2.96 bits per heavy atom. The van der Waals surface area contributed by atoms with Crippen LogP contribution in [-0.4, -0.2) is 32.4 Å². The zero-order valence-electron chi connectivity index (χ0n) is 13.7. The van der Waals surface area contributed by atoms with Crippen molar-refractivity contribution in [1.29, 1.82) is 0 Å². The van der Waals surface area contributed by atoms with Gasteiger partial charge in [-0.3, -0.25) is 4.68 Å². The lowest BCUT2D eigenvalue weighted by Crippen LogP contribution is -2.40. The van der Waals surface area contributed by atoms with Crippen molar-refractivity contribution in [2.24, 2.45) is 7.05 Å². The van der Waals surface area contributed by atoms with Crippen molar-refractivity contribution >= 4 is 33.3 Å². The van der Waals surface area contributed by atoms with Gasteiger partial charge < -0.3 is 15.7 Å². The van der Waals surface area contributed by atoms with Gasteiger partial charge in [0.15, 0.2) is 0 Å². The Hall–Kier alpha value is -2.45. The number of urea groups is 1. The first kappa shape index (κ1) is 16.4. The largest absolute Gasteiger partial charge is 0.383 e. The molecule has 0 bridgehead atoms. The summed E-state index contributed by atoms with van der Waals surface area (Å²) in [5, 5.41) is 20.9. The second kappa shape index (κ2) is 6.21. The third-order valence-electron chi connectivity index (χ3n) is 3.67. The molecule has 1 atom stereocenters. The molecule has 0 spiro atoms. The summed E-state index contributed by atoms with van der Waals surface area (Å²) in [6.45, 7) is 3.66. The molecule has 0 saturated carbocycles. The van der Waals surface area contributed by atoms with E-state index in [9.17, 15) is 9.90 Å². The Labute approximate surface area is 143 Å². The summed E-state index contributed by atoms with van der Waals surface area (Å²) in [6, 6.07) is 5.19. The number of nitrogens with zero attached hydrogens (tertiary/aromatic N) is 3. The first-order valence-electron chi connectivity index (χ1n) is 7.47. The Morgan fingerprint density at radius 2 is 2.25 bits per heavy atom. The highest BCUT2D eigenvalue weighted by Crippen LogP contribution is 2.24. The summed E-state index contributed by atoms with van der Waals surface area (Å²) in [6.07, 6.45) is 3.30. The minimum Gasteiger partial charge on any atom is -0.383 e. The summed E-state index contributed by atoms with van der Waals surface area (Å²) in [5.41, 5.74) is 1.06. The predicted molar refractivity (Wildman–Crippen MR) is 94.2 cm³/mol. The third-order valence-corrected chi connectivity index (χ3v) is 4.61. The molecule has 126 valence electrons. The van der Waals surface area contributed by atoms with Gasteiger partial charge in [-0.15, -0.1) is 11.3 Å². The number of aromatic nitrogens is 3. The number of aliphatic hydroxyl groups is 1. The van der Waals surface area contributed by atoms with Gasteiger partial charge in [-0.25, -0.2) is 9.78 Å². The monoisotopic (exact) mass is 345 g/mol. The van der Waals surface area contributed by atoms with Crippen molar-refractivity contribution in [3.63, 3.8) is 0 Å². The van der Waals surface area contributed by atoms with E-state index in [-0.39, 0.29) is 12.6 Å². The molecule has 0 unspecified atom stereocenters. The maximum absolute atomic E-state index is 12.1. The van der Waals surface area contributed by atoms with Crippen molar-refractivity contribution < 1.29 is 9.90 Å². The van der Waals surface area contributed by atoms with Crippen LogP contribution in [-0.2, 0) is 12.6 Å². The number of nitrogens with one attached hydrogen (secondary N) is 2. The Balaban J connectivity index is 1.62. The summed E-state index contributed by atoms with van der Waals surface area (Å²) in [4.78, 5) is 16.5. The maximum Gasteiger partial charge on any atom is 0.319 e. The van der Waals surface area contributed by atoms with Gasteiger partial charge in [-0.2, -0.15) is 5.10 Å². The van der Waals surface area contributed by atoms with Crippen molar-refractivity contribution in [2.75, 3.05) is 11.9 Å². The molecule has 0 saturated heterocycles. The average molecular weight is 345 g/mol. The van der Waals surface area contributed by atoms with Gasteiger partial charge in [0.2, 0.25) is 0 Å². The molecule has 0 radical (unpaired) electrons. The zero-order valence-corrected chi connectivity index (χ0v) is 14.5. The highest BCUT2D eigenvalue weighted by Gasteiger charge is 2.25. The van der Waals surface area contributed by atoms with E-state index in [1.165, 1.54) is 0 Å². The molecule has 0 aliphatic carbocycles. The lowest BCUT2D eigenvalue weighted by Gasteiger charge is -2.22. The van der Waals surface area contributed by atoms with Crippen LogP contribution >= 0.6 is 11.3 Å². The van der Waals surface area contributed by atoms with Gasteiger partial charge >= 0.3 is 6.03 Å². The molecule has 0 aliphatic heterocycles. The van der Waals surface area contributed by atoms with E-state index in [2.05, 4.69) is 20.7 Å². The minimum atomic E-state index is -1.19. The fourth-order valence-corrected chi connectivity index (χ4v) is 3.21. The van der Waals surface area contributed by atoms with Crippen LogP contribution in [0.15, 0.2) is 30.6 Å². The van der Waals surface area contributed by atoms with Gasteiger partial charge in [-0.05, 0) is 32.0 Å². The number of hydrogen-bond acceptors (Lipinski definition) is 5. The number of rotatable bonds is 4. The van der Waals surface area contributed by atoms with Crippen LogP contribution in [0.1, 0.15) is 17.5 Å². The molecular formula is C16H19N5O2S. The van der Waals surface area contributed by atoms with E-state index in [4.69, 9.17) is 0 Å². The van der Waals surface area contributed by atoms with Crippen LogP contribution in [0, 0.1) is 6.92 Å². The quantitative estimate of drug-likeness (QED) is 0.677. The number of carbonyl (C=O) groups excluding carboxylic acids is 1. The molecule has 2 amide bonds. The van der Waals surface area contributed by atoms with E-state index >= 15 is 0 Å². The van der Waals surface area contributed by atoms with Crippen LogP contribution in [0.25, 0.3) is 10.2 Å². The SMILES string of the molecule is Cc1nc2ccc(NC(=O)NC[C@](C)(O)c3cnn(C)c3)cc2s1. The van der Waals surface area contributed by atoms with Crippen molar-refractivity contribution in [3.8, 4) is 0 Å². The number of benzene rings is 1. The summed E-state index contributed by atoms with van der Waals surface area (Å²) in [7, 11) is 1.77. The number of hydrogen-bond donors (Lipinski definition) is 3. The first-order chi connectivity index (χ1) is 11.3. The fraction of sp³-hybridized carbons (Fsp3) is 0.312. The van der Waals surface area contributed by atoms with Crippen molar-refractivity contribution in [2.45, 2.75) is 19.4 Å². The molecule has 7 nitrogen and oxygen atoms in total. The fourth-order valence-electron chi connectivity index (χ4n) is 2.35. The molecular weight excluding hydrogens is 326 g/mol. The molecule has 1 aromatic carbocycles. The van der Waals surface area contributed by atoms with E-state index in [0.29, 0.717) is 11.3 Å². The number of thiazole rings is 1. The molecule has 3 N–H and O–H groups in total. The summed E-state index contributed by atoms with van der Waals surface area (Å²) in [5.74, 6) is 0. The molecule has 3 rings (SSSR count). The van der Waals surface area contributed by atoms with E-state index < -0.39 is 5.60 Å². The summed E-state index contributed by atoms with van der Waals surface area (Å²) >= 11 is 1.58. The normalized spacial score (nSPS) is 13.7. The lowest BCUT2D eigenvalue weighted by molar-refractivity contribution is 0.0599. The van der Waals surface area contributed by atoms with Gasteiger partial charge in [0.25, 0.3) is 0 Å². The standard InChI is InChI=1S/C16H19N5O2S/c1-10-19-13-5-4-12(6-14(13)24-10)20-15(22)17-9-16(2,23)11-7-18-21(3)8-11/h4-8,23H,9H2,1-3H3,(H2,17,20,22)/t16-/m0/s1. The van der Waals surface area contributed by atoms with Crippen molar-refractivity contribution in [1.82, 2.24) is 20.1 Å². The van der Waals surface area contributed by atoms with Gasteiger partial charge in [0, 0.05) is 24.5 Å².